The van der Waals surface area contributed by atoms with Gasteiger partial charge in [0.2, 0.25) is 0 Å². The van der Waals surface area contributed by atoms with E-state index in [-0.39, 0.29) is 6.03 Å². The molecule has 0 radical (unpaired) electrons. The van der Waals surface area contributed by atoms with Crippen molar-refractivity contribution in [2.75, 3.05) is 31.0 Å². The van der Waals surface area contributed by atoms with Crippen LogP contribution in [0.25, 0.3) is 0 Å². The van der Waals surface area contributed by atoms with Gasteiger partial charge in [-0.1, -0.05) is 23.7 Å². The molecule has 0 aliphatic rings. The largest absolute Gasteiger partial charge is 0.491 e. The standard InChI is InChI=1S/C16H17ClN2O3/c1-21-8-9-22-15-7-3-6-14(11-15)19-16(20)18-13-5-2-4-12(17)10-13/h2-7,10-11H,8-9H2,1H3,(H2,18,19,20). The summed E-state index contributed by atoms with van der Waals surface area (Å²) in [5, 5.41) is 6.01. The van der Waals surface area contributed by atoms with Crippen LogP contribution in [0.2, 0.25) is 5.02 Å². The Morgan fingerprint density at radius 1 is 1.05 bits per heavy atom. The zero-order valence-corrected chi connectivity index (χ0v) is 12.9. The molecule has 0 aromatic heterocycles. The van der Waals surface area contributed by atoms with Crippen molar-refractivity contribution in [3.63, 3.8) is 0 Å². The number of halogens is 1. The number of rotatable bonds is 6. The van der Waals surface area contributed by atoms with Gasteiger partial charge in [-0.3, -0.25) is 0 Å². The third kappa shape index (κ3) is 5.27. The van der Waals surface area contributed by atoms with E-state index in [4.69, 9.17) is 21.1 Å². The van der Waals surface area contributed by atoms with Crippen LogP contribution in [0.1, 0.15) is 0 Å². The molecule has 0 heterocycles. The van der Waals surface area contributed by atoms with Gasteiger partial charge in [-0.25, -0.2) is 4.79 Å². The first-order valence-corrected chi connectivity index (χ1v) is 7.10. The molecule has 2 aromatic carbocycles. The van der Waals surface area contributed by atoms with Crippen LogP contribution in [0.4, 0.5) is 16.2 Å². The first-order chi connectivity index (χ1) is 10.7. The molecule has 0 atom stereocenters. The molecule has 0 aliphatic carbocycles. The van der Waals surface area contributed by atoms with Gasteiger partial charge >= 0.3 is 6.03 Å². The minimum Gasteiger partial charge on any atom is -0.491 e. The van der Waals surface area contributed by atoms with Crippen molar-refractivity contribution in [1.82, 2.24) is 0 Å². The molecule has 0 saturated heterocycles. The van der Waals surface area contributed by atoms with Crippen LogP contribution in [0.3, 0.4) is 0 Å². The smallest absolute Gasteiger partial charge is 0.323 e. The van der Waals surface area contributed by atoms with E-state index in [1.165, 1.54) is 0 Å². The number of urea groups is 1. The third-order valence-electron chi connectivity index (χ3n) is 2.73. The van der Waals surface area contributed by atoms with Gasteiger partial charge < -0.3 is 20.1 Å². The Balaban J connectivity index is 1.92. The van der Waals surface area contributed by atoms with E-state index in [1.807, 2.05) is 6.07 Å². The lowest BCUT2D eigenvalue weighted by molar-refractivity contribution is 0.146. The molecule has 2 amide bonds. The first kappa shape index (κ1) is 16.1. The zero-order valence-electron chi connectivity index (χ0n) is 12.1. The molecule has 2 rings (SSSR count). The predicted octanol–water partition coefficient (Wildman–Crippen LogP) is 4.01. The molecule has 0 aliphatic heterocycles. The highest BCUT2D eigenvalue weighted by atomic mass is 35.5. The van der Waals surface area contributed by atoms with Gasteiger partial charge in [0.25, 0.3) is 0 Å². The second-order valence-electron chi connectivity index (χ2n) is 4.46. The topological polar surface area (TPSA) is 59.6 Å². The van der Waals surface area contributed by atoms with Crippen molar-refractivity contribution >= 4 is 29.0 Å². The molecule has 0 saturated carbocycles. The van der Waals surface area contributed by atoms with Crippen molar-refractivity contribution in [3.05, 3.63) is 53.6 Å². The SMILES string of the molecule is COCCOc1cccc(NC(=O)Nc2cccc(Cl)c2)c1. The predicted molar refractivity (Wildman–Crippen MR) is 87.9 cm³/mol. The lowest BCUT2D eigenvalue weighted by atomic mass is 10.3. The lowest BCUT2D eigenvalue weighted by Crippen LogP contribution is -2.19. The van der Waals surface area contributed by atoms with Crippen molar-refractivity contribution in [2.45, 2.75) is 0 Å². The number of carbonyl (C=O) groups is 1. The molecule has 0 spiro atoms. The molecule has 116 valence electrons. The summed E-state index contributed by atoms with van der Waals surface area (Å²) in [7, 11) is 1.61. The van der Waals surface area contributed by atoms with Crippen LogP contribution < -0.4 is 15.4 Å². The molecule has 6 heteroatoms. The highest BCUT2D eigenvalue weighted by molar-refractivity contribution is 6.30. The Hall–Kier alpha value is -2.24. The Morgan fingerprint density at radius 2 is 1.73 bits per heavy atom. The van der Waals surface area contributed by atoms with Crippen molar-refractivity contribution in [2.24, 2.45) is 0 Å². The number of methoxy groups -OCH3 is 1. The number of hydrogen-bond donors (Lipinski definition) is 2. The van der Waals surface area contributed by atoms with Crippen LogP contribution >= 0.6 is 11.6 Å². The van der Waals surface area contributed by atoms with Crippen molar-refractivity contribution < 1.29 is 14.3 Å². The third-order valence-corrected chi connectivity index (χ3v) is 2.97. The summed E-state index contributed by atoms with van der Waals surface area (Å²) >= 11 is 5.87. The Bertz CT molecular complexity index is 634. The van der Waals surface area contributed by atoms with Gasteiger partial charge in [0.15, 0.2) is 0 Å². The van der Waals surface area contributed by atoms with E-state index in [0.717, 1.165) is 0 Å². The van der Waals surface area contributed by atoms with Gasteiger partial charge in [0, 0.05) is 29.6 Å². The molecule has 0 bridgehead atoms. The first-order valence-electron chi connectivity index (χ1n) is 6.73. The molecular formula is C16H17ClN2O3. The van der Waals surface area contributed by atoms with Gasteiger partial charge in [0.1, 0.15) is 12.4 Å². The van der Waals surface area contributed by atoms with Crippen LogP contribution in [-0.2, 0) is 4.74 Å². The number of amides is 2. The van der Waals surface area contributed by atoms with Gasteiger partial charge in [-0.2, -0.15) is 0 Å². The second-order valence-corrected chi connectivity index (χ2v) is 4.89. The Morgan fingerprint density at radius 3 is 2.41 bits per heavy atom. The fourth-order valence-electron chi connectivity index (χ4n) is 1.77. The number of nitrogens with one attached hydrogen (secondary N) is 2. The molecular weight excluding hydrogens is 304 g/mol. The molecule has 5 nitrogen and oxygen atoms in total. The van der Waals surface area contributed by atoms with Gasteiger partial charge in [0.05, 0.1) is 6.61 Å². The fraction of sp³-hybridized carbons (Fsp3) is 0.188. The van der Waals surface area contributed by atoms with Crippen LogP contribution in [0.5, 0.6) is 5.75 Å². The minimum atomic E-state index is -0.351. The fourth-order valence-corrected chi connectivity index (χ4v) is 1.96. The molecule has 22 heavy (non-hydrogen) atoms. The second kappa shape index (κ2) is 8.26. The summed E-state index contributed by atoms with van der Waals surface area (Å²) in [6.45, 7) is 0.960. The number of hydrogen-bond acceptors (Lipinski definition) is 3. The van der Waals surface area contributed by atoms with E-state index >= 15 is 0 Å². The van der Waals surface area contributed by atoms with E-state index in [9.17, 15) is 4.79 Å². The Labute approximate surface area is 134 Å². The van der Waals surface area contributed by atoms with Crippen molar-refractivity contribution in [1.29, 1.82) is 0 Å². The monoisotopic (exact) mass is 320 g/mol. The molecule has 2 aromatic rings. The maximum absolute atomic E-state index is 11.9. The van der Waals surface area contributed by atoms with Crippen LogP contribution in [0, 0.1) is 0 Å². The number of benzene rings is 2. The number of carbonyl (C=O) groups excluding carboxylic acids is 1. The maximum atomic E-state index is 11.9. The van der Waals surface area contributed by atoms with E-state index in [1.54, 1.807) is 49.6 Å². The number of anilines is 2. The summed E-state index contributed by atoms with van der Waals surface area (Å²) in [4.78, 5) is 11.9. The molecule has 0 fully saturated rings. The highest BCUT2D eigenvalue weighted by Crippen LogP contribution is 2.18. The van der Waals surface area contributed by atoms with E-state index < -0.39 is 0 Å². The lowest BCUT2D eigenvalue weighted by Gasteiger charge is -2.10. The summed E-state index contributed by atoms with van der Waals surface area (Å²) in [5.74, 6) is 0.664. The normalized spacial score (nSPS) is 10.1. The quantitative estimate of drug-likeness (QED) is 0.791. The van der Waals surface area contributed by atoms with Crippen LogP contribution in [0.15, 0.2) is 48.5 Å². The number of ether oxygens (including phenoxy) is 2. The average molecular weight is 321 g/mol. The zero-order chi connectivity index (χ0) is 15.8. The summed E-state index contributed by atoms with van der Waals surface area (Å²) in [6.07, 6.45) is 0. The Kier molecular flexibility index (Phi) is 6.06. The van der Waals surface area contributed by atoms with Gasteiger partial charge in [-0.15, -0.1) is 0 Å². The molecule has 0 unspecified atom stereocenters. The highest BCUT2D eigenvalue weighted by Gasteiger charge is 2.04. The summed E-state index contributed by atoms with van der Waals surface area (Å²) in [6, 6.07) is 13.7. The van der Waals surface area contributed by atoms with E-state index in [2.05, 4.69) is 10.6 Å². The minimum absolute atomic E-state index is 0.351. The van der Waals surface area contributed by atoms with E-state index in [0.29, 0.717) is 35.4 Å². The van der Waals surface area contributed by atoms with Crippen LogP contribution in [-0.4, -0.2) is 26.4 Å². The molecule has 2 N–H and O–H groups in total. The van der Waals surface area contributed by atoms with Crippen molar-refractivity contribution in [3.8, 4) is 5.75 Å². The summed E-state index contributed by atoms with van der Waals surface area (Å²) in [5.41, 5.74) is 1.26. The average Bonchev–Trinajstić information content (AvgIpc) is 2.48. The summed E-state index contributed by atoms with van der Waals surface area (Å²) < 4.78 is 10.4. The van der Waals surface area contributed by atoms with Gasteiger partial charge in [-0.05, 0) is 30.3 Å². The maximum Gasteiger partial charge on any atom is 0.323 e.